The van der Waals surface area contributed by atoms with E-state index in [0.29, 0.717) is 29.4 Å². The van der Waals surface area contributed by atoms with E-state index >= 15 is 0 Å². The van der Waals surface area contributed by atoms with E-state index in [2.05, 4.69) is 15.2 Å². The van der Waals surface area contributed by atoms with Crippen molar-refractivity contribution in [1.82, 2.24) is 24.5 Å². The summed E-state index contributed by atoms with van der Waals surface area (Å²) >= 11 is 6.54. The molecule has 0 spiro atoms. The Morgan fingerprint density at radius 1 is 1.13 bits per heavy atom. The number of para-hydroxylation sites is 1. The lowest BCUT2D eigenvalue weighted by molar-refractivity contribution is 0.0681. The van der Waals surface area contributed by atoms with Gasteiger partial charge in [-0.05, 0) is 37.5 Å². The maximum atomic E-state index is 13.2. The second-order valence-corrected chi connectivity index (χ2v) is 8.37. The van der Waals surface area contributed by atoms with E-state index in [0.717, 1.165) is 41.4 Å². The number of aliphatic hydroxyl groups excluding tert-OH is 1. The molecule has 1 aromatic carbocycles. The van der Waals surface area contributed by atoms with Gasteiger partial charge in [-0.25, -0.2) is 4.68 Å². The number of nitrogens with zero attached hydrogens (tertiary/aromatic N) is 5. The highest BCUT2D eigenvalue weighted by Crippen LogP contribution is 2.33. The molecule has 154 valence electrons. The van der Waals surface area contributed by atoms with Gasteiger partial charge in [0.05, 0.1) is 29.2 Å². The predicted molar refractivity (Wildman–Crippen MR) is 115 cm³/mol. The van der Waals surface area contributed by atoms with Gasteiger partial charge in [0.2, 0.25) is 0 Å². The molecule has 7 nitrogen and oxygen atoms in total. The van der Waals surface area contributed by atoms with Gasteiger partial charge in [-0.2, -0.15) is 10.2 Å². The summed E-state index contributed by atoms with van der Waals surface area (Å²) in [7, 11) is 0. The molecule has 3 aliphatic rings. The number of aromatic nitrogens is 5. The number of aryl methyl sites for hydroxylation is 1. The minimum Gasteiger partial charge on any atom is -0.391 e. The predicted octanol–water partition coefficient (Wildman–Crippen LogP) is 3.58. The second-order valence-electron chi connectivity index (χ2n) is 7.97. The molecule has 0 radical (unpaired) electrons. The van der Waals surface area contributed by atoms with Crippen molar-refractivity contribution < 1.29 is 5.11 Å². The fourth-order valence-electron chi connectivity index (χ4n) is 4.30. The summed E-state index contributed by atoms with van der Waals surface area (Å²) in [5.74, 6) is 0. The van der Waals surface area contributed by atoms with Crippen molar-refractivity contribution >= 4 is 22.5 Å². The molecule has 3 heterocycles. The maximum absolute atomic E-state index is 13.2. The number of rotatable bonds is 3. The maximum Gasteiger partial charge on any atom is 0.297 e. The molecule has 8 heteroatoms. The number of halogens is 1. The molecule has 0 amide bonds. The zero-order valence-electron chi connectivity index (χ0n) is 16.6. The van der Waals surface area contributed by atoms with Crippen molar-refractivity contribution in [2.24, 2.45) is 0 Å². The zero-order chi connectivity index (χ0) is 20.8. The first-order chi connectivity index (χ1) is 14.5. The van der Waals surface area contributed by atoms with Crippen LogP contribution in [-0.4, -0.2) is 35.8 Å². The summed E-state index contributed by atoms with van der Waals surface area (Å²) in [6.45, 7) is 2.37. The topological polar surface area (TPSA) is 85.8 Å². The lowest BCUT2D eigenvalue weighted by atomic mass is 9.93. The first kappa shape index (κ1) is 19.2. The van der Waals surface area contributed by atoms with Gasteiger partial charge >= 0.3 is 0 Å². The smallest absolute Gasteiger partial charge is 0.297 e. The largest absolute Gasteiger partial charge is 0.391 e. The van der Waals surface area contributed by atoms with Crippen LogP contribution >= 0.6 is 11.6 Å². The van der Waals surface area contributed by atoms with Crippen LogP contribution in [0.15, 0.2) is 41.3 Å². The number of hydrogen-bond acceptors (Lipinski definition) is 5. The number of pyridine rings is 1. The Kier molecular flexibility index (Phi) is 4.79. The molecular formula is C22H22ClN5O2. The van der Waals surface area contributed by atoms with Gasteiger partial charge in [0, 0.05) is 17.3 Å². The average Bonchev–Trinajstić information content (AvgIpc) is 3.07. The van der Waals surface area contributed by atoms with Crippen LogP contribution in [0, 0.1) is 6.92 Å². The Bertz CT molecular complexity index is 1250. The summed E-state index contributed by atoms with van der Waals surface area (Å²) in [6.07, 6.45) is 4.59. The van der Waals surface area contributed by atoms with Gasteiger partial charge in [0.25, 0.3) is 5.56 Å². The molecule has 1 aromatic heterocycles. The third-order valence-electron chi connectivity index (χ3n) is 5.88. The van der Waals surface area contributed by atoms with E-state index in [-0.39, 0.29) is 11.6 Å². The Morgan fingerprint density at radius 3 is 2.73 bits per heavy atom. The average molecular weight is 424 g/mol. The molecule has 1 saturated carbocycles. The van der Waals surface area contributed by atoms with E-state index in [1.54, 1.807) is 16.9 Å². The summed E-state index contributed by atoms with van der Waals surface area (Å²) in [5, 5.41) is 21.0. The molecule has 1 N–H and O–H groups in total. The number of hydrogen-bond donors (Lipinski definition) is 1. The van der Waals surface area contributed by atoms with Crippen molar-refractivity contribution in [2.45, 2.75) is 51.3 Å². The normalized spacial score (nSPS) is 19.6. The first-order valence-corrected chi connectivity index (χ1v) is 10.6. The fourth-order valence-corrected chi connectivity index (χ4v) is 4.57. The van der Waals surface area contributed by atoms with E-state index in [4.69, 9.17) is 11.6 Å². The lowest BCUT2D eigenvalue weighted by Crippen LogP contribution is -2.33. The molecule has 30 heavy (non-hydrogen) atoms. The van der Waals surface area contributed by atoms with E-state index < -0.39 is 6.10 Å². The van der Waals surface area contributed by atoms with Gasteiger partial charge in [-0.1, -0.05) is 42.6 Å². The quantitative estimate of drug-likeness (QED) is 0.544. The van der Waals surface area contributed by atoms with Gasteiger partial charge in [0.15, 0.2) is 5.69 Å². The number of fused-ring (bicyclic) bond motifs is 3. The summed E-state index contributed by atoms with van der Waals surface area (Å²) in [6, 6.07) is 9.18. The molecule has 1 fully saturated rings. The molecule has 2 aromatic rings. The lowest BCUT2D eigenvalue weighted by Gasteiger charge is -2.26. The Hall–Kier alpha value is -2.77. The Morgan fingerprint density at radius 2 is 1.97 bits per heavy atom. The van der Waals surface area contributed by atoms with E-state index in [9.17, 15) is 9.90 Å². The highest BCUT2D eigenvalue weighted by Gasteiger charge is 2.31. The highest BCUT2D eigenvalue weighted by atomic mass is 35.5. The molecule has 2 atom stereocenters. The molecule has 2 aliphatic heterocycles. The van der Waals surface area contributed by atoms with Crippen molar-refractivity contribution in [3.05, 3.63) is 63.2 Å². The zero-order valence-corrected chi connectivity index (χ0v) is 17.4. The Labute approximate surface area is 178 Å². The van der Waals surface area contributed by atoms with Crippen LogP contribution in [0.25, 0.3) is 22.3 Å². The van der Waals surface area contributed by atoms with Gasteiger partial charge in [-0.3, -0.25) is 14.5 Å². The van der Waals surface area contributed by atoms with Crippen LogP contribution in [0.1, 0.15) is 43.0 Å². The summed E-state index contributed by atoms with van der Waals surface area (Å²) < 4.78 is 3.18. The minimum atomic E-state index is -0.568. The number of benzene rings is 1. The molecule has 1 aliphatic carbocycles. The van der Waals surface area contributed by atoms with Gasteiger partial charge in [-0.15, -0.1) is 0 Å². The highest BCUT2D eigenvalue weighted by molar-refractivity contribution is 6.35. The van der Waals surface area contributed by atoms with Crippen LogP contribution in [-0.2, 0) is 6.54 Å². The molecule has 0 saturated heterocycles. The van der Waals surface area contributed by atoms with Crippen LogP contribution in [0.3, 0.4) is 0 Å². The molecule has 0 bridgehead atoms. The third kappa shape index (κ3) is 3.18. The van der Waals surface area contributed by atoms with Crippen molar-refractivity contribution in [2.75, 3.05) is 0 Å². The fraction of sp³-hybridized carbons (Fsp3) is 0.364. The number of aliphatic hydroxyl groups is 1. The first-order valence-electron chi connectivity index (χ1n) is 10.2. The Balaban J connectivity index is 1.72. The van der Waals surface area contributed by atoms with Crippen LogP contribution in [0.5, 0.6) is 0 Å². The van der Waals surface area contributed by atoms with E-state index in [1.807, 2.05) is 31.2 Å². The van der Waals surface area contributed by atoms with Crippen LogP contribution in [0.2, 0.25) is 5.02 Å². The van der Waals surface area contributed by atoms with Crippen LogP contribution in [0.4, 0.5) is 0 Å². The summed E-state index contributed by atoms with van der Waals surface area (Å²) in [4.78, 5) is 17.6. The van der Waals surface area contributed by atoms with Crippen molar-refractivity contribution in [1.29, 1.82) is 0 Å². The second kappa shape index (κ2) is 7.49. The van der Waals surface area contributed by atoms with Crippen LogP contribution < -0.4 is 5.56 Å². The SMILES string of the molecule is Cc1ccc(Cn2nc3c(=O)n([C@@H]4CCCC[C@H]4O)nc-3c3cccc(Cl)c32)cn1. The monoisotopic (exact) mass is 423 g/mol. The van der Waals surface area contributed by atoms with Gasteiger partial charge < -0.3 is 5.11 Å². The van der Waals surface area contributed by atoms with E-state index in [1.165, 1.54) is 4.68 Å². The summed E-state index contributed by atoms with van der Waals surface area (Å²) in [5.41, 5.74) is 3.16. The van der Waals surface area contributed by atoms with Crippen molar-refractivity contribution in [3.8, 4) is 11.4 Å². The standard InChI is InChI=1S/C22H22ClN5O2/c1-13-9-10-14(11-24-13)12-27-21-15(5-4-6-16(21)23)19-20(25-27)22(30)28(26-19)17-7-2-3-8-18(17)29/h4-6,9-11,17-18,29H,2-3,7-8,12H2,1H3/t17-,18-/m1/s1. The molecule has 5 rings (SSSR count). The minimum absolute atomic E-state index is 0.270. The third-order valence-corrected chi connectivity index (χ3v) is 6.18. The molecular weight excluding hydrogens is 402 g/mol. The van der Waals surface area contributed by atoms with Crippen molar-refractivity contribution in [3.63, 3.8) is 0 Å². The molecule has 0 unspecified atom stereocenters. The van der Waals surface area contributed by atoms with Gasteiger partial charge in [0.1, 0.15) is 5.69 Å².